The number of fused-ring (bicyclic) bond motifs is 1. The normalized spacial score (nSPS) is 14.7. The predicted molar refractivity (Wildman–Crippen MR) is 127 cm³/mol. The first-order valence-electron chi connectivity index (χ1n) is 10.6. The number of hydrogen-bond donors (Lipinski definition) is 0. The molecule has 34 heavy (non-hydrogen) atoms. The third-order valence-electron chi connectivity index (χ3n) is 5.58. The Morgan fingerprint density at radius 3 is 2.65 bits per heavy atom. The van der Waals surface area contributed by atoms with E-state index in [1.807, 2.05) is 11.2 Å². The highest BCUT2D eigenvalue weighted by Crippen LogP contribution is 2.23. The lowest BCUT2D eigenvalue weighted by Crippen LogP contribution is -2.39. The summed E-state index contributed by atoms with van der Waals surface area (Å²) < 4.78 is 38.7. The van der Waals surface area contributed by atoms with Crippen LogP contribution in [0.5, 0.6) is 5.75 Å². The van der Waals surface area contributed by atoms with Crippen molar-refractivity contribution in [2.24, 2.45) is 12.0 Å². The largest absolute Gasteiger partial charge is 0.434 e. The van der Waals surface area contributed by atoms with E-state index in [4.69, 9.17) is 4.74 Å². The molecule has 0 bridgehead atoms. The Kier molecular flexibility index (Phi) is 7.32. The molecule has 1 aromatic heterocycles. The van der Waals surface area contributed by atoms with Crippen molar-refractivity contribution in [3.63, 3.8) is 0 Å². The molecule has 0 unspecified atom stereocenters. The SMILES string of the molecule is CS/C(=N\C(=O)c1ccc2c(=O)n(C)n(Cc3ccccc3OC(F)F)c2c1)N1CCOCC1. The third-order valence-corrected chi connectivity index (χ3v) is 6.29. The lowest BCUT2D eigenvalue weighted by atomic mass is 10.1. The molecule has 0 N–H and O–H groups in total. The minimum absolute atomic E-state index is 0.0266. The Labute approximate surface area is 198 Å². The number of aliphatic imine (C=N–C) groups is 1. The number of amidine groups is 1. The van der Waals surface area contributed by atoms with Gasteiger partial charge in [0.05, 0.1) is 30.7 Å². The second kappa shape index (κ2) is 10.4. The molecule has 1 aliphatic heterocycles. The summed E-state index contributed by atoms with van der Waals surface area (Å²) in [6.07, 6.45) is 1.86. The molecule has 1 amide bonds. The maximum Gasteiger partial charge on any atom is 0.387 e. The molecule has 8 nitrogen and oxygen atoms in total. The maximum absolute atomic E-state index is 13.0. The van der Waals surface area contributed by atoms with Crippen LogP contribution in [-0.4, -0.2) is 64.5 Å². The van der Waals surface area contributed by atoms with E-state index < -0.39 is 12.5 Å². The van der Waals surface area contributed by atoms with E-state index >= 15 is 0 Å². The first-order chi connectivity index (χ1) is 16.4. The summed E-state index contributed by atoms with van der Waals surface area (Å²) in [7, 11) is 1.59. The summed E-state index contributed by atoms with van der Waals surface area (Å²) in [5, 5.41) is 1.02. The lowest BCUT2D eigenvalue weighted by Gasteiger charge is -2.28. The van der Waals surface area contributed by atoms with Crippen LogP contribution in [0.3, 0.4) is 0 Å². The molecule has 2 aromatic carbocycles. The van der Waals surface area contributed by atoms with Gasteiger partial charge in [0, 0.05) is 31.3 Å². The second-order valence-electron chi connectivity index (χ2n) is 7.61. The van der Waals surface area contributed by atoms with Crippen LogP contribution in [0.25, 0.3) is 10.9 Å². The minimum Gasteiger partial charge on any atom is -0.434 e. The molecule has 0 aliphatic carbocycles. The number of aromatic nitrogens is 2. The molecule has 0 spiro atoms. The molecule has 4 rings (SSSR count). The molecule has 0 saturated carbocycles. The van der Waals surface area contributed by atoms with Gasteiger partial charge in [-0.2, -0.15) is 13.8 Å². The van der Waals surface area contributed by atoms with Gasteiger partial charge in [-0.3, -0.25) is 19.0 Å². The van der Waals surface area contributed by atoms with Crippen LogP contribution < -0.4 is 10.3 Å². The number of ether oxygens (including phenoxy) is 2. The monoisotopic (exact) mass is 490 g/mol. The highest BCUT2D eigenvalue weighted by Gasteiger charge is 2.19. The number of halogens is 2. The second-order valence-corrected chi connectivity index (χ2v) is 8.38. The number of morpholine rings is 1. The zero-order valence-electron chi connectivity index (χ0n) is 18.7. The van der Waals surface area contributed by atoms with Crippen molar-refractivity contribution in [1.82, 2.24) is 14.3 Å². The van der Waals surface area contributed by atoms with E-state index in [0.717, 1.165) is 0 Å². The Morgan fingerprint density at radius 2 is 1.94 bits per heavy atom. The smallest absolute Gasteiger partial charge is 0.387 e. The number of amides is 1. The van der Waals surface area contributed by atoms with Gasteiger partial charge in [0.2, 0.25) is 0 Å². The summed E-state index contributed by atoms with van der Waals surface area (Å²) >= 11 is 1.39. The van der Waals surface area contributed by atoms with Crippen LogP contribution in [0.15, 0.2) is 52.3 Å². The van der Waals surface area contributed by atoms with E-state index in [1.54, 1.807) is 48.1 Å². The summed E-state index contributed by atoms with van der Waals surface area (Å²) in [5.74, 6) is -0.402. The van der Waals surface area contributed by atoms with Gasteiger partial charge in [-0.1, -0.05) is 30.0 Å². The number of rotatable bonds is 5. The first kappa shape index (κ1) is 24.0. The minimum atomic E-state index is -2.97. The van der Waals surface area contributed by atoms with Crippen molar-refractivity contribution in [1.29, 1.82) is 0 Å². The standard InChI is InChI=1S/C23H24F2N4O4S/c1-27-21(31)17-8-7-15(20(30)26-23(34-2)28-9-11-32-12-10-28)13-18(17)29(27)14-16-5-3-4-6-19(16)33-22(24)25/h3-8,13,22H,9-12,14H2,1-2H3/b26-23-. The summed E-state index contributed by atoms with van der Waals surface area (Å²) in [5.41, 5.74) is 1.03. The van der Waals surface area contributed by atoms with Crippen LogP contribution in [0.1, 0.15) is 15.9 Å². The van der Waals surface area contributed by atoms with E-state index in [-0.39, 0.29) is 17.9 Å². The Morgan fingerprint density at radius 1 is 1.21 bits per heavy atom. The number of benzene rings is 2. The molecule has 2 heterocycles. The number of thioether (sulfide) groups is 1. The Hall–Kier alpha value is -3.18. The van der Waals surface area contributed by atoms with Crippen molar-refractivity contribution >= 4 is 33.7 Å². The van der Waals surface area contributed by atoms with Crippen molar-refractivity contribution in [3.8, 4) is 5.75 Å². The number of alkyl halides is 2. The fraction of sp³-hybridized carbons (Fsp3) is 0.348. The summed E-state index contributed by atoms with van der Waals surface area (Å²) in [6, 6.07) is 11.2. The molecule has 0 radical (unpaired) electrons. The fourth-order valence-electron chi connectivity index (χ4n) is 3.85. The van der Waals surface area contributed by atoms with Crippen molar-refractivity contribution in [3.05, 3.63) is 63.9 Å². The van der Waals surface area contributed by atoms with Gasteiger partial charge in [-0.25, -0.2) is 0 Å². The number of nitrogens with zero attached hydrogens (tertiary/aromatic N) is 4. The lowest BCUT2D eigenvalue weighted by molar-refractivity contribution is -0.0505. The topological polar surface area (TPSA) is 78.1 Å². The zero-order valence-corrected chi connectivity index (χ0v) is 19.6. The first-order valence-corrected chi connectivity index (χ1v) is 11.8. The quantitative estimate of drug-likeness (QED) is 0.404. The highest BCUT2D eigenvalue weighted by molar-refractivity contribution is 8.13. The van der Waals surface area contributed by atoms with Crippen LogP contribution in [0, 0.1) is 0 Å². The molecule has 1 aliphatic rings. The highest BCUT2D eigenvalue weighted by atomic mass is 32.2. The number of para-hydroxylation sites is 1. The van der Waals surface area contributed by atoms with Crippen molar-refractivity contribution < 1.29 is 23.0 Å². The maximum atomic E-state index is 13.0. The molecule has 11 heteroatoms. The third kappa shape index (κ3) is 5.00. The van der Waals surface area contributed by atoms with Gasteiger partial charge in [0.1, 0.15) is 5.75 Å². The Balaban J connectivity index is 1.70. The summed E-state index contributed by atoms with van der Waals surface area (Å²) in [4.78, 5) is 32.1. The van der Waals surface area contributed by atoms with E-state index in [0.29, 0.717) is 53.5 Å². The zero-order chi connectivity index (χ0) is 24.2. The van der Waals surface area contributed by atoms with E-state index in [9.17, 15) is 18.4 Å². The number of hydrogen-bond acceptors (Lipinski definition) is 5. The van der Waals surface area contributed by atoms with Gasteiger partial charge in [0.25, 0.3) is 11.5 Å². The molecule has 1 fully saturated rings. The van der Waals surface area contributed by atoms with Crippen molar-refractivity contribution in [2.45, 2.75) is 13.2 Å². The fourth-order valence-corrected chi connectivity index (χ4v) is 4.47. The molecular formula is C23H24F2N4O4S. The van der Waals surface area contributed by atoms with Crippen molar-refractivity contribution in [2.75, 3.05) is 32.6 Å². The van der Waals surface area contributed by atoms with Crippen LogP contribution in [-0.2, 0) is 18.3 Å². The average Bonchev–Trinajstić information content (AvgIpc) is 3.08. The number of carbonyl (C=O) groups is 1. The van der Waals surface area contributed by atoms with Crippen LogP contribution in [0.4, 0.5) is 8.78 Å². The Bertz CT molecular complexity index is 1280. The van der Waals surface area contributed by atoms with Gasteiger partial charge >= 0.3 is 6.61 Å². The molecule has 0 atom stereocenters. The number of carbonyl (C=O) groups excluding carboxylic acids is 1. The van der Waals surface area contributed by atoms with Gasteiger partial charge in [-0.15, -0.1) is 0 Å². The van der Waals surface area contributed by atoms with E-state index in [2.05, 4.69) is 9.73 Å². The van der Waals surface area contributed by atoms with Gasteiger partial charge in [0.15, 0.2) is 5.17 Å². The summed E-state index contributed by atoms with van der Waals surface area (Å²) in [6.45, 7) is -0.401. The molecule has 1 saturated heterocycles. The molecule has 180 valence electrons. The predicted octanol–water partition coefficient (Wildman–Crippen LogP) is 3.18. The van der Waals surface area contributed by atoms with Crippen LogP contribution >= 0.6 is 11.8 Å². The van der Waals surface area contributed by atoms with E-state index in [1.165, 1.54) is 22.5 Å². The molecule has 3 aromatic rings. The average molecular weight is 491 g/mol. The van der Waals surface area contributed by atoms with Gasteiger partial charge < -0.3 is 14.4 Å². The molecular weight excluding hydrogens is 466 g/mol. The van der Waals surface area contributed by atoms with Gasteiger partial charge in [-0.05, 0) is 30.5 Å². The van der Waals surface area contributed by atoms with Crippen LogP contribution in [0.2, 0.25) is 0 Å².